The molecule has 0 saturated carbocycles. The van der Waals surface area contributed by atoms with E-state index in [0.717, 1.165) is 28.4 Å². The van der Waals surface area contributed by atoms with E-state index in [1.165, 1.54) is 0 Å². The molecule has 0 saturated heterocycles. The summed E-state index contributed by atoms with van der Waals surface area (Å²) in [5.74, 6) is 2.28. The smallest absolute Gasteiger partial charge is 0.128 e. The van der Waals surface area contributed by atoms with Gasteiger partial charge in [-0.2, -0.15) is 0 Å². The van der Waals surface area contributed by atoms with Gasteiger partial charge in [-0.15, -0.1) is 0 Å². The fourth-order valence-corrected chi connectivity index (χ4v) is 2.12. The maximum atomic E-state index is 5.99. The van der Waals surface area contributed by atoms with E-state index >= 15 is 0 Å². The summed E-state index contributed by atoms with van der Waals surface area (Å²) in [6, 6.07) is 13.3. The molecule has 112 valence electrons. The molecule has 2 aromatic rings. The topological polar surface area (TPSA) is 53.7 Å². The molecular weight excluding hydrogens is 266 g/mol. The van der Waals surface area contributed by atoms with Crippen molar-refractivity contribution in [2.24, 2.45) is 5.73 Å². The van der Waals surface area contributed by atoms with Crippen LogP contribution in [0.5, 0.6) is 17.2 Å². The molecule has 0 heterocycles. The summed E-state index contributed by atoms with van der Waals surface area (Å²) in [5.41, 5.74) is 7.92. The van der Waals surface area contributed by atoms with Crippen LogP contribution in [0, 0.1) is 0 Å². The Morgan fingerprint density at radius 1 is 1.00 bits per heavy atom. The number of nitrogens with two attached hydrogens (primary N) is 1. The molecule has 0 fully saturated rings. The summed E-state index contributed by atoms with van der Waals surface area (Å²) in [7, 11) is 3.28. The molecule has 2 N–H and O–H groups in total. The molecule has 0 aliphatic carbocycles. The minimum absolute atomic E-state index is 0.108. The van der Waals surface area contributed by atoms with E-state index in [9.17, 15) is 0 Å². The Bertz CT molecular complexity index is 596. The lowest BCUT2D eigenvalue weighted by Gasteiger charge is -2.16. The van der Waals surface area contributed by atoms with E-state index in [2.05, 4.69) is 0 Å². The minimum Gasteiger partial charge on any atom is -0.497 e. The van der Waals surface area contributed by atoms with Crippen LogP contribution >= 0.6 is 0 Å². The molecular formula is C17H21NO3. The van der Waals surface area contributed by atoms with Gasteiger partial charge in [0.25, 0.3) is 0 Å². The van der Waals surface area contributed by atoms with Crippen molar-refractivity contribution in [2.45, 2.75) is 19.6 Å². The van der Waals surface area contributed by atoms with Gasteiger partial charge < -0.3 is 19.9 Å². The number of hydrogen-bond acceptors (Lipinski definition) is 4. The molecule has 0 unspecified atom stereocenters. The van der Waals surface area contributed by atoms with Crippen molar-refractivity contribution in [3.63, 3.8) is 0 Å². The van der Waals surface area contributed by atoms with E-state index in [1.54, 1.807) is 14.2 Å². The van der Waals surface area contributed by atoms with Gasteiger partial charge in [0.05, 0.1) is 14.2 Å². The lowest BCUT2D eigenvalue weighted by molar-refractivity contribution is 0.290. The first kappa shape index (κ1) is 15.2. The molecule has 21 heavy (non-hydrogen) atoms. The molecule has 0 aliphatic rings. The van der Waals surface area contributed by atoms with Crippen molar-refractivity contribution in [3.8, 4) is 17.2 Å². The van der Waals surface area contributed by atoms with Crippen LogP contribution in [0.25, 0.3) is 0 Å². The van der Waals surface area contributed by atoms with Crippen molar-refractivity contribution in [2.75, 3.05) is 14.2 Å². The Morgan fingerprint density at radius 3 is 2.43 bits per heavy atom. The van der Waals surface area contributed by atoms with Crippen molar-refractivity contribution in [1.82, 2.24) is 0 Å². The van der Waals surface area contributed by atoms with E-state index < -0.39 is 0 Å². The van der Waals surface area contributed by atoms with Gasteiger partial charge in [-0.3, -0.25) is 0 Å². The second-order valence-corrected chi connectivity index (χ2v) is 4.79. The molecule has 0 aromatic heterocycles. The standard InChI is InChI=1S/C17H21NO3/c1-12(18)15-9-8-14(19-2)10-17(15)21-11-13-6-4-5-7-16(13)20-3/h4-10,12H,11,18H2,1-3H3/t12-/m1/s1. The number of para-hydroxylation sites is 1. The van der Waals surface area contributed by atoms with Gasteiger partial charge in [-0.1, -0.05) is 24.3 Å². The average molecular weight is 287 g/mol. The second-order valence-electron chi connectivity index (χ2n) is 4.79. The Morgan fingerprint density at radius 2 is 1.76 bits per heavy atom. The molecule has 1 atom stereocenters. The fourth-order valence-electron chi connectivity index (χ4n) is 2.12. The number of ether oxygens (including phenoxy) is 3. The monoisotopic (exact) mass is 287 g/mol. The Labute approximate surface area is 125 Å². The van der Waals surface area contributed by atoms with Gasteiger partial charge in [0.1, 0.15) is 23.9 Å². The van der Waals surface area contributed by atoms with Gasteiger partial charge in [0, 0.05) is 23.2 Å². The van der Waals surface area contributed by atoms with Crippen LogP contribution in [0.15, 0.2) is 42.5 Å². The first-order valence-corrected chi connectivity index (χ1v) is 6.84. The normalized spacial score (nSPS) is 11.8. The van der Waals surface area contributed by atoms with E-state index in [-0.39, 0.29) is 6.04 Å². The zero-order valence-electron chi connectivity index (χ0n) is 12.6. The Balaban J connectivity index is 2.22. The zero-order chi connectivity index (χ0) is 15.2. The quantitative estimate of drug-likeness (QED) is 0.885. The third-order valence-corrected chi connectivity index (χ3v) is 3.29. The number of rotatable bonds is 6. The molecule has 0 amide bonds. The van der Waals surface area contributed by atoms with Gasteiger partial charge in [-0.05, 0) is 19.1 Å². The summed E-state index contributed by atoms with van der Waals surface area (Å²) in [6.07, 6.45) is 0. The van der Waals surface area contributed by atoms with Crippen LogP contribution in [0.4, 0.5) is 0 Å². The molecule has 2 rings (SSSR count). The van der Waals surface area contributed by atoms with Crippen molar-refractivity contribution in [3.05, 3.63) is 53.6 Å². The molecule has 4 nitrogen and oxygen atoms in total. The third-order valence-electron chi connectivity index (χ3n) is 3.29. The molecule has 0 bridgehead atoms. The first-order valence-electron chi connectivity index (χ1n) is 6.84. The lowest BCUT2D eigenvalue weighted by atomic mass is 10.1. The number of hydrogen-bond donors (Lipinski definition) is 1. The van der Waals surface area contributed by atoms with Crippen LogP contribution in [-0.4, -0.2) is 14.2 Å². The summed E-state index contributed by atoms with van der Waals surface area (Å²) >= 11 is 0. The predicted molar refractivity (Wildman–Crippen MR) is 82.9 cm³/mol. The third kappa shape index (κ3) is 3.67. The van der Waals surface area contributed by atoms with Crippen molar-refractivity contribution < 1.29 is 14.2 Å². The Kier molecular flexibility index (Phi) is 5.06. The maximum Gasteiger partial charge on any atom is 0.128 e. The lowest BCUT2D eigenvalue weighted by Crippen LogP contribution is -2.08. The zero-order valence-corrected chi connectivity index (χ0v) is 12.6. The highest BCUT2D eigenvalue weighted by Crippen LogP contribution is 2.30. The summed E-state index contributed by atoms with van der Waals surface area (Å²) < 4.78 is 16.5. The molecule has 4 heteroatoms. The van der Waals surface area contributed by atoms with Crippen molar-refractivity contribution >= 4 is 0 Å². The Hall–Kier alpha value is -2.20. The summed E-state index contributed by atoms with van der Waals surface area (Å²) in [6.45, 7) is 2.34. The molecule has 0 radical (unpaired) electrons. The van der Waals surface area contributed by atoms with Crippen LogP contribution in [0.2, 0.25) is 0 Å². The number of benzene rings is 2. The van der Waals surface area contributed by atoms with E-state index in [1.807, 2.05) is 49.4 Å². The number of methoxy groups -OCH3 is 2. The average Bonchev–Trinajstić information content (AvgIpc) is 2.52. The van der Waals surface area contributed by atoms with Gasteiger partial charge in [-0.25, -0.2) is 0 Å². The molecule has 2 aromatic carbocycles. The van der Waals surface area contributed by atoms with Crippen LogP contribution < -0.4 is 19.9 Å². The van der Waals surface area contributed by atoms with Gasteiger partial charge >= 0.3 is 0 Å². The fraction of sp³-hybridized carbons (Fsp3) is 0.294. The predicted octanol–water partition coefficient (Wildman–Crippen LogP) is 3.30. The molecule has 0 aliphatic heterocycles. The van der Waals surface area contributed by atoms with Gasteiger partial charge in [0.2, 0.25) is 0 Å². The molecule has 0 spiro atoms. The highest BCUT2D eigenvalue weighted by atomic mass is 16.5. The highest BCUT2D eigenvalue weighted by Gasteiger charge is 2.11. The largest absolute Gasteiger partial charge is 0.497 e. The first-order chi connectivity index (χ1) is 10.2. The van der Waals surface area contributed by atoms with E-state index in [4.69, 9.17) is 19.9 Å². The summed E-state index contributed by atoms with van der Waals surface area (Å²) in [5, 5.41) is 0. The summed E-state index contributed by atoms with van der Waals surface area (Å²) in [4.78, 5) is 0. The second kappa shape index (κ2) is 6.99. The SMILES string of the molecule is COc1ccc([C@@H](C)N)c(OCc2ccccc2OC)c1. The highest BCUT2D eigenvalue weighted by molar-refractivity contribution is 5.42. The van der Waals surface area contributed by atoms with Gasteiger partial charge in [0.15, 0.2) is 0 Å². The van der Waals surface area contributed by atoms with Crippen molar-refractivity contribution in [1.29, 1.82) is 0 Å². The van der Waals surface area contributed by atoms with Crippen LogP contribution in [0.1, 0.15) is 24.1 Å². The van der Waals surface area contributed by atoms with Crippen LogP contribution in [-0.2, 0) is 6.61 Å². The minimum atomic E-state index is -0.108. The maximum absolute atomic E-state index is 5.99. The van der Waals surface area contributed by atoms with E-state index in [0.29, 0.717) is 6.61 Å². The van der Waals surface area contributed by atoms with Crippen LogP contribution in [0.3, 0.4) is 0 Å².